The predicted octanol–water partition coefficient (Wildman–Crippen LogP) is 1.02. The molecule has 0 aliphatic heterocycles. The normalized spacial score (nSPS) is 11.8. The third-order valence-corrected chi connectivity index (χ3v) is 4.71. The highest BCUT2D eigenvalue weighted by Gasteiger charge is 2.18. The van der Waals surface area contributed by atoms with Gasteiger partial charge in [0.15, 0.2) is 0 Å². The Hall–Kier alpha value is -0.890. The fourth-order valence-electron chi connectivity index (χ4n) is 1.57. The Labute approximate surface area is 125 Å². The minimum absolute atomic E-state index is 0.170. The minimum Gasteiger partial charge on any atom is -0.383 e. The van der Waals surface area contributed by atoms with Crippen LogP contribution in [0.4, 0.5) is 5.82 Å². The van der Waals surface area contributed by atoms with Crippen molar-refractivity contribution >= 4 is 27.4 Å². The van der Waals surface area contributed by atoms with Crippen LogP contribution in [0.1, 0.15) is 0 Å². The Morgan fingerprint density at radius 1 is 1.30 bits per heavy atom. The standard InChI is InChI=1S/C12H20ClN3O3S/c1-15(2)20(17,18)11-4-5-12(14-10-11)16(7-6-13)8-9-19-3/h4-5,10H,6-9H2,1-3H3. The zero-order valence-corrected chi connectivity index (χ0v) is 13.5. The summed E-state index contributed by atoms with van der Waals surface area (Å²) in [5.74, 6) is 1.14. The van der Waals surface area contributed by atoms with Crippen molar-refractivity contribution < 1.29 is 13.2 Å². The van der Waals surface area contributed by atoms with Crippen molar-refractivity contribution in [2.24, 2.45) is 0 Å². The molecule has 0 saturated heterocycles. The molecule has 0 atom stereocenters. The number of ether oxygens (including phenoxy) is 1. The molecule has 0 fully saturated rings. The van der Waals surface area contributed by atoms with Gasteiger partial charge in [0.2, 0.25) is 10.0 Å². The lowest BCUT2D eigenvalue weighted by Crippen LogP contribution is -2.30. The summed E-state index contributed by atoms with van der Waals surface area (Å²) in [6.45, 7) is 1.82. The summed E-state index contributed by atoms with van der Waals surface area (Å²) in [5.41, 5.74) is 0. The fraction of sp³-hybridized carbons (Fsp3) is 0.583. The fourth-order valence-corrected chi connectivity index (χ4v) is 2.62. The summed E-state index contributed by atoms with van der Waals surface area (Å²) in [4.78, 5) is 6.32. The average molecular weight is 322 g/mol. The summed E-state index contributed by atoms with van der Waals surface area (Å²) in [6.07, 6.45) is 1.36. The number of aromatic nitrogens is 1. The molecule has 1 rings (SSSR count). The second kappa shape index (κ2) is 7.78. The zero-order valence-electron chi connectivity index (χ0n) is 11.9. The van der Waals surface area contributed by atoms with Crippen LogP contribution in [0.2, 0.25) is 0 Å². The summed E-state index contributed by atoms with van der Waals surface area (Å²) in [5, 5.41) is 0. The second-order valence-electron chi connectivity index (χ2n) is 4.31. The van der Waals surface area contributed by atoms with E-state index in [0.29, 0.717) is 31.4 Å². The lowest BCUT2D eigenvalue weighted by Gasteiger charge is -2.22. The van der Waals surface area contributed by atoms with Crippen LogP contribution in [0.25, 0.3) is 0 Å². The first-order valence-corrected chi connectivity index (χ1v) is 8.09. The molecule has 8 heteroatoms. The first-order valence-electron chi connectivity index (χ1n) is 6.12. The van der Waals surface area contributed by atoms with Crippen LogP contribution in [0.15, 0.2) is 23.2 Å². The van der Waals surface area contributed by atoms with Crippen LogP contribution in [0.3, 0.4) is 0 Å². The van der Waals surface area contributed by atoms with Crippen LogP contribution in [0, 0.1) is 0 Å². The molecule has 6 nitrogen and oxygen atoms in total. The van der Waals surface area contributed by atoms with E-state index in [1.165, 1.54) is 20.3 Å². The maximum absolute atomic E-state index is 11.9. The van der Waals surface area contributed by atoms with Crippen LogP contribution < -0.4 is 4.90 Å². The summed E-state index contributed by atoms with van der Waals surface area (Å²) < 4.78 is 30.1. The van der Waals surface area contributed by atoms with Crippen LogP contribution in [-0.2, 0) is 14.8 Å². The molecule has 0 spiro atoms. The largest absolute Gasteiger partial charge is 0.383 e. The summed E-state index contributed by atoms with van der Waals surface area (Å²) >= 11 is 5.76. The van der Waals surface area contributed by atoms with Crippen LogP contribution in [-0.4, -0.2) is 64.5 Å². The maximum Gasteiger partial charge on any atom is 0.244 e. The second-order valence-corrected chi connectivity index (χ2v) is 6.84. The highest BCUT2D eigenvalue weighted by atomic mass is 35.5. The van der Waals surface area contributed by atoms with Gasteiger partial charge in [-0.1, -0.05) is 0 Å². The van der Waals surface area contributed by atoms with E-state index in [2.05, 4.69) is 4.98 Å². The van der Waals surface area contributed by atoms with E-state index in [1.807, 2.05) is 4.90 Å². The molecule has 0 aliphatic rings. The molecule has 0 amide bonds. The zero-order chi connectivity index (χ0) is 15.2. The molecule has 114 valence electrons. The third-order valence-electron chi connectivity index (χ3n) is 2.74. The Kier molecular flexibility index (Phi) is 6.67. The molecule has 0 aromatic carbocycles. The number of sulfonamides is 1. The van der Waals surface area contributed by atoms with E-state index < -0.39 is 10.0 Å². The van der Waals surface area contributed by atoms with Gasteiger partial charge in [-0.15, -0.1) is 11.6 Å². The summed E-state index contributed by atoms with van der Waals surface area (Å²) in [7, 11) is 1.15. The Balaban J connectivity index is 2.93. The van der Waals surface area contributed by atoms with Gasteiger partial charge in [0.25, 0.3) is 0 Å². The SMILES string of the molecule is COCCN(CCCl)c1ccc(S(=O)(=O)N(C)C)cn1. The molecule has 0 bridgehead atoms. The van der Waals surface area contributed by atoms with Gasteiger partial charge in [-0.05, 0) is 12.1 Å². The number of alkyl halides is 1. The molecule has 0 aliphatic carbocycles. The van der Waals surface area contributed by atoms with E-state index >= 15 is 0 Å². The van der Waals surface area contributed by atoms with Crippen molar-refractivity contribution in [1.82, 2.24) is 9.29 Å². The Morgan fingerprint density at radius 2 is 2.00 bits per heavy atom. The van der Waals surface area contributed by atoms with Crippen molar-refractivity contribution in [2.45, 2.75) is 4.90 Å². The number of methoxy groups -OCH3 is 1. The topological polar surface area (TPSA) is 62.7 Å². The first kappa shape index (κ1) is 17.2. The number of anilines is 1. The summed E-state index contributed by atoms with van der Waals surface area (Å²) in [6, 6.07) is 3.23. The highest BCUT2D eigenvalue weighted by Crippen LogP contribution is 2.16. The van der Waals surface area contributed by atoms with Crippen molar-refractivity contribution in [1.29, 1.82) is 0 Å². The van der Waals surface area contributed by atoms with E-state index in [4.69, 9.17) is 16.3 Å². The number of halogens is 1. The van der Waals surface area contributed by atoms with E-state index in [0.717, 1.165) is 4.31 Å². The molecule has 1 aromatic heterocycles. The molecule has 1 heterocycles. The lowest BCUT2D eigenvalue weighted by molar-refractivity contribution is 0.205. The maximum atomic E-state index is 11.9. The van der Waals surface area contributed by atoms with E-state index in [9.17, 15) is 8.42 Å². The monoisotopic (exact) mass is 321 g/mol. The third kappa shape index (κ3) is 4.31. The number of hydrogen-bond acceptors (Lipinski definition) is 5. The van der Waals surface area contributed by atoms with Gasteiger partial charge >= 0.3 is 0 Å². The molecule has 0 radical (unpaired) electrons. The van der Waals surface area contributed by atoms with Crippen molar-refractivity contribution in [3.8, 4) is 0 Å². The number of nitrogens with zero attached hydrogens (tertiary/aromatic N) is 3. The highest BCUT2D eigenvalue weighted by molar-refractivity contribution is 7.89. The predicted molar refractivity (Wildman–Crippen MR) is 79.9 cm³/mol. The molecule has 1 aromatic rings. The van der Waals surface area contributed by atoms with Gasteiger partial charge in [-0.2, -0.15) is 0 Å². The van der Waals surface area contributed by atoms with Crippen molar-refractivity contribution in [3.05, 3.63) is 18.3 Å². The number of rotatable bonds is 8. The molecular formula is C12H20ClN3O3S. The van der Waals surface area contributed by atoms with Crippen LogP contribution in [0.5, 0.6) is 0 Å². The number of pyridine rings is 1. The van der Waals surface area contributed by atoms with Crippen molar-refractivity contribution in [3.63, 3.8) is 0 Å². The quantitative estimate of drug-likeness (QED) is 0.669. The van der Waals surface area contributed by atoms with Crippen LogP contribution >= 0.6 is 11.6 Å². The van der Waals surface area contributed by atoms with E-state index in [-0.39, 0.29) is 4.90 Å². The van der Waals surface area contributed by atoms with Gasteiger partial charge in [0, 0.05) is 46.4 Å². The molecule has 0 saturated carbocycles. The molecule has 0 unspecified atom stereocenters. The molecule has 0 N–H and O–H groups in total. The first-order chi connectivity index (χ1) is 9.43. The van der Waals surface area contributed by atoms with Gasteiger partial charge in [0.1, 0.15) is 10.7 Å². The minimum atomic E-state index is -3.45. The van der Waals surface area contributed by atoms with Gasteiger partial charge in [-0.3, -0.25) is 0 Å². The Bertz CT molecular complexity index is 505. The average Bonchev–Trinajstić information content (AvgIpc) is 2.43. The van der Waals surface area contributed by atoms with Gasteiger partial charge in [-0.25, -0.2) is 17.7 Å². The lowest BCUT2D eigenvalue weighted by atomic mass is 10.4. The van der Waals surface area contributed by atoms with E-state index in [1.54, 1.807) is 19.2 Å². The van der Waals surface area contributed by atoms with Gasteiger partial charge < -0.3 is 9.64 Å². The molecular weight excluding hydrogens is 302 g/mol. The molecule has 20 heavy (non-hydrogen) atoms. The Morgan fingerprint density at radius 3 is 2.45 bits per heavy atom. The smallest absolute Gasteiger partial charge is 0.244 e. The van der Waals surface area contributed by atoms with Crippen molar-refractivity contribution in [2.75, 3.05) is 51.7 Å². The number of hydrogen-bond donors (Lipinski definition) is 0. The van der Waals surface area contributed by atoms with Gasteiger partial charge in [0.05, 0.1) is 6.61 Å².